The summed E-state index contributed by atoms with van der Waals surface area (Å²) in [6.45, 7) is 5.68. The number of nitrogens with zero attached hydrogens (tertiary/aromatic N) is 2. The van der Waals surface area contributed by atoms with Gasteiger partial charge in [0, 0.05) is 11.9 Å². The number of aromatic nitrogens is 2. The van der Waals surface area contributed by atoms with E-state index >= 15 is 0 Å². The largest absolute Gasteiger partial charge is 0.351 e. The molecule has 1 aliphatic heterocycles. The van der Waals surface area contributed by atoms with Gasteiger partial charge in [-0.3, -0.25) is 9.48 Å². The van der Waals surface area contributed by atoms with Gasteiger partial charge in [0.05, 0.1) is 17.1 Å². The summed E-state index contributed by atoms with van der Waals surface area (Å²) in [4.78, 5) is 14.4. The van der Waals surface area contributed by atoms with E-state index in [4.69, 9.17) is 0 Å². The van der Waals surface area contributed by atoms with E-state index < -0.39 is 0 Å². The molecule has 0 saturated carbocycles. The molecule has 1 amide bonds. The highest BCUT2D eigenvalue weighted by atomic mass is 35.5. The molecule has 1 saturated heterocycles. The molecule has 2 N–H and O–H groups in total. The first-order valence-corrected chi connectivity index (χ1v) is 10.5. The fourth-order valence-corrected chi connectivity index (χ4v) is 4.81. The number of hydrogen-bond donors (Lipinski definition) is 2. The molecule has 1 fully saturated rings. The predicted molar refractivity (Wildman–Crippen MR) is 118 cm³/mol. The van der Waals surface area contributed by atoms with Gasteiger partial charge in [0.2, 0.25) is 0 Å². The Hall–Kier alpha value is -1.89. The summed E-state index contributed by atoms with van der Waals surface area (Å²) in [5.41, 5.74) is 2.19. The first-order valence-electron chi connectivity index (χ1n) is 9.70. The molecule has 1 unspecified atom stereocenters. The van der Waals surface area contributed by atoms with Crippen LogP contribution < -0.4 is 10.6 Å². The van der Waals surface area contributed by atoms with Crippen LogP contribution in [0.1, 0.15) is 40.2 Å². The molecule has 5 nitrogen and oxygen atoms in total. The number of aryl methyl sites for hydroxylation is 1. The number of piperidine rings is 1. The van der Waals surface area contributed by atoms with Crippen molar-refractivity contribution < 1.29 is 4.79 Å². The van der Waals surface area contributed by atoms with E-state index in [-0.39, 0.29) is 18.3 Å². The molecule has 0 radical (unpaired) electrons. The average Bonchev–Trinajstić information content (AvgIpc) is 3.25. The van der Waals surface area contributed by atoms with Gasteiger partial charge >= 0.3 is 0 Å². The lowest BCUT2D eigenvalue weighted by molar-refractivity contribution is 0.0955. The molecule has 7 heteroatoms. The molecule has 150 valence electrons. The molecule has 2 aromatic heterocycles. The first kappa shape index (κ1) is 20.8. The minimum absolute atomic E-state index is 0. The Kier molecular flexibility index (Phi) is 7.10. The summed E-state index contributed by atoms with van der Waals surface area (Å²) in [6, 6.07) is 12.3. The molecule has 0 spiro atoms. The SMILES string of the molecule is Cc1nn(Cc2ccccc2)c2sc(C(=O)NCCC3CCCNC3)cc12.Cl. The maximum absolute atomic E-state index is 12.6. The van der Waals surface area contributed by atoms with Crippen LogP contribution >= 0.6 is 23.7 Å². The van der Waals surface area contributed by atoms with Crippen LogP contribution in [0, 0.1) is 12.8 Å². The smallest absolute Gasteiger partial charge is 0.261 e. The van der Waals surface area contributed by atoms with Gasteiger partial charge < -0.3 is 10.6 Å². The fraction of sp³-hybridized carbons (Fsp3) is 0.429. The maximum Gasteiger partial charge on any atom is 0.261 e. The van der Waals surface area contributed by atoms with Crippen LogP contribution in [0.3, 0.4) is 0 Å². The maximum atomic E-state index is 12.6. The number of rotatable bonds is 6. The number of amides is 1. The van der Waals surface area contributed by atoms with Crippen LogP contribution in [0.4, 0.5) is 0 Å². The summed E-state index contributed by atoms with van der Waals surface area (Å²) < 4.78 is 2.01. The molecule has 3 heterocycles. The molecule has 1 atom stereocenters. The van der Waals surface area contributed by atoms with E-state index in [1.165, 1.54) is 29.7 Å². The summed E-state index contributed by atoms with van der Waals surface area (Å²) in [5.74, 6) is 0.716. The van der Waals surface area contributed by atoms with Crippen molar-refractivity contribution in [2.24, 2.45) is 5.92 Å². The van der Waals surface area contributed by atoms with Crippen molar-refractivity contribution in [3.8, 4) is 0 Å². The van der Waals surface area contributed by atoms with E-state index in [9.17, 15) is 4.79 Å². The number of benzene rings is 1. The number of fused-ring (bicyclic) bond motifs is 1. The van der Waals surface area contributed by atoms with Gasteiger partial charge in [-0.05, 0) is 56.8 Å². The minimum Gasteiger partial charge on any atom is -0.351 e. The zero-order chi connectivity index (χ0) is 18.6. The topological polar surface area (TPSA) is 59.0 Å². The van der Waals surface area contributed by atoms with Crippen molar-refractivity contribution in [1.29, 1.82) is 0 Å². The van der Waals surface area contributed by atoms with E-state index in [2.05, 4.69) is 27.9 Å². The van der Waals surface area contributed by atoms with Crippen molar-refractivity contribution in [3.63, 3.8) is 0 Å². The second-order valence-corrected chi connectivity index (χ2v) is 8.35. The molecule has 1 aromatic carbocycles. The third-order valence-electron chi connectivity index (χ3n) is 5.24. The predicted octanol–water partition coefficient (Wildman–Crippen LogP) is 4.00. The molecule has 28 heavy (non-hydrogen) atoms. The van der Waals surface area contributed by atoms with Crippen LogP contribution in [0.5, 0.6) is 0 Å². The summed E-state index contributed by atoms with van der Waals surface area (Å²) >= 11 is 1.53. The standard InChI is InChI=1S/C21H26N4OS.ClH/c1-15-18-12-19(20(26)23-11-9-16-8-5-10-22-13-16)27-21(18)25(24-15)14-17-6-3-2-4-7-17;/h2-4,6-7,12,16,22H,5,8-11,13-14H2,1H3,(H,23,26);1H. The number of carbonyl (C=O) groups is 1. The molecule has 1 aliphatic rings. The monoisotopic (exact) mass is 418 g/mol. The molecule has 3 aromatic rings. The van der Waals surface area contributed by atoms with Gasteiger partial charge in [-0.25, -0.2) is 0 Å². The lowest BCUT2D eigenvalue weighted by Gasteiger charge is -2.22. The van der Waals surface area contributed by atoms with Crippen LogP contribution in [-0.2, 0) is 6.54 Å². The van der Waals surface area contributed by atoms with Crippen molar-refractivity contribution >= 4 is 39.9 Å². The zero-order valence-electron chi connectivity index (χ0n) is 16.1. The number of hydrogen-bond acceptors (Lipinski definition) is 4. The van der Waals surface area contributed by atoms with Gasteiger partial charge in [0.25, 0.3) is 5.91 Å². The zero-order valence-corrected chi connectivity index (χ0v) is 17.7. The Balaban J connectivity index is 0.00000225. The highest BCUT2D eigenvalue weighted by molar-refractivity contribution is 7.20. The summed E-state index contributed by atoms with van der Waals surface area (Å²) in [6.07, 6.45) is 3.55. The lowest BCUT2D eigenvalue weighted by atomic mass is 9.96. The first-order chi connectivity index (χ1) is 13.2. The van der Waals surface area contributed by atoms with E-state index in [0.717, 1.165) is 53.4 Å². The highest BCUT2D eigenvalue weighted by Crippen LogP contribution is 2.29. The van der Waals surface area contributed by atoms with Gasteiger partial charge in [-0.1, -0.05) is 30.3 Å². The van der Waals surface area contributed by atoms with Crippen LogP contribution in [0.15, 0.2) is 36.4 Å². The number of thiophene rings is 1. The number of halogens is 1. The van der Waals surface area contributed by atoms with Gasteiger partial charge in [0.1, 0.15) is 4.83 Å². The van der Waals surface area contributed by atoms with Crippen LogP contribution in [0.2, 0.25) is 0 Å². The van der Waals surface area contributed by atoms with Crippen molar-refractivity contribution in [1.82, 2.24) is 20.4 Å². The Labute approximate surface area is 175 Å². The molecule has 4 rings (SSSR count). The van der Waals surface area contributed by atoms with Gasteiger partial charge in [0.15, 0.2) is 0 Å². The van der Waals surface area contributed by atoms with Crippen molar-refractivity contribution in [3.05, 3.63) is 52.5 Å². The Morgan fingerprint density at radius 3 is 2.93 bits per heavy atom. The number of carbonyl (C=O) groups excluding carboxylic acids is 1. The van der Waals surface area contributed by atoms with Crippen LogP contribution in [0.25, 0.3) is 10.2 Å². The summed E-state index contributed by atoms with van der Waals surface area (Å²) in [7, 11) is 0. The van der Waals surface area contributed by atoms with E-state index in [1.807, 2.05) is 35.9 Å². The van der Waals surface area contributed by atoms with Crippen molar-refractivity contribution in [2.45, 2.75) is 32.7 Å². The molecular weight excluding hydrogens is 392 g/mol. The Morgan fingerprint density at radius 2 is 2.18 bits per heavy atom. The quantitative estimate of drug-likeness (QED) is 0.636. The Morgan fingerprint density at radius 1 is 1.36 bits per heavy atom. The second-order valence-electron chi connectivity index (χ2n) is 7.32. The molecule has 0 aliphatic carbocycles. The average molecular weight is 419 g/mol. The third kappa shape index (κ3) is 4.74. The highest BCUT2D eigenvalue weighted by Gasteiger charge is 2.17. The summed E-state index contributed by atoms with van der Waals surface area (Å²) in [5, 5.41) is 12.3. The fourth-order valence-electron chi connectivity index (χ4n) is 3.74. The number of nitrogens with one attached hydrogen (secondary N) is 2. The van der Waals surface area contributed by atoms with Gasteiger partial charge in [-0.2, -0.15) is 5.10 Å². The van der Waals surface area contributed by atoms with E-state index in [1.54, 1.807) is 0 Å². The van der Waals surface area contributed by atoms with Crippen LogP contribution in [-0.4, -0.2) is 35.3 Å². The molecule has 0 bridgehead atoms. The minimum atomic E-state index is 0. The van der Waals surface area contributed by atoms with Gasteiger partial charge in [-0.15, -0.1) is 23.7 Å². The lowest BCUT2D eigenvalue weighted by Crippen LogP contribution is -2.33. The van der Waals surface area contributed by atoms with Crippen molar-refractivity contribution in [2.75, 3.05) is 19.6 Å². The molecular formula is C21H27ClN4OS. The second kappa shape index (κ2) is 9.54. The third-order valence-corrected chi connectivity index (χ3v) is 6.39. The normalized spacial score (nSPS) is 16.7. The van der Waals surface area contributed by atoms with E-state index in [0.29, 0.717) is 5.92 Å². The Bertz CT molecular complexity index is 915.